The van der Waals surface area contributed by atoms with Crippen molar-refractivity contribution in [2.45, 2.75) is 59.2 Å². The molecule has 1 aromatic rings. The number of aromatic nitrogens is 1. The largest absolute Gasteiger partial charge is 0.467 e. The summed E-state index contributed by atoms with van der Waals surface area (Å²) < 4.78 is 10.1. The molecule has 0 saturated carbocycles. The molecule has 8 nitrogen and oxygen atoms in total. The molecule has 0 aromatic carbocycles. The van der Waals surface area contributed by atoms with E-state index < -0.39 is 35.7 Å². The first kappa shape index (κ1) is 23.4. The highest BCUT2D eigenvalue weighted by atomic mass is 16.6. The zero-order valence-corrected chi connectivity index (χ0v) is 17.7. The molecule has 0 saturated heterocycles. The third-order valence-corrected chi connectivity index (χ3v) is 3.65. The van der Waals surface area contributed by atoms with Crippen LogP contribution in [-0.2, 0) is 19.1 Å². The van der Waals surface area contributed by atoms with E-state index in [0.717, 1.165) is 0 Å². The number of methoxy groups -OCH3 is 1. The van der Waals surface area contributed by atoms with Crippen molar-refractivity contribution in [1.82, 2.24) is 15.2 Å². The van der Waals surface area contributed by atoms with E-state index in [1.54, 1.807) is 52.1 Å². The second-order valence-electron chi connectivity index (χ2n) is 7.93. The molecule has 0 radical (unpaired) electrons. The zero-order valence-electron chi connectivity index (χ0n) is 17.7. The molecule has 2 unspecified atom stereocenters. The Labute approximate surface area is 166 Å². The van der Waals surface area contributed by atoms with Crippen LogP contribution in [0.5, 0.6) is 0 Å². The lowest BCUT2D eigenvalue weighted by Gasteiger charge is -2.33. The zero-order chi connectivity index (χ0) is 21.5. The SMILES string of the molecule is COC(=O)C(c1ccccn1)N(CC(C)C)C(=O)C(C)NC(=O)OC(C)(C)C. The van der Waals surface area contributed by atoms with Crippen LogP contribution in [-0.4, -0.2) is 53.2 Å². The number of nitrogens with one attached hydrogen (secondary N) is 1. The average Bonchev–Trinajstić information content (AvgIpc) is 2.59. The predicted octanol–water partition coefficient (Wildman–Crippen LogP) is 2.69. The number of carbonyl (C=O) groups excluding carboxylic acids is 3. The Bertz CT molecular complexity index is 670. The molecule has 0 aliphatic heterocycles. The number of hydrogen-bond acceptors (Lipinski definition) is 6. The van der Waals surface area contributed by atoms with E-state index in [1.807, 2.05) is 13.8 Å². The fourth-order valence-corrected chi connectivity index (χ4v) is 2.57. The quantitative estimate of drug-likeness (QED) is 0.715. The average molecular weight is 393 g/mol. The van der Waals surface area contributed by atoms with Crippen molar-refractivity contribution in [3.8, 4) is 0 Å². The molecule has 1 rings (SSSR count). The summed E-state index contributed by atoms with van der Waals surface area (Å²) in [7, 11) is 1.26. The summed E-state index contributed by atoms with van der Waals surface area (Å²) in [5.41, 5.74) is -0.291. The Kier molecular flexibility index (Phi) is 8.40. The molecule has 2 amide bonds. The fourth-order valence-electron chi connectivity index (χ4n) is 2.57. The minimum absolute atomic E-state index is 0.0774. The Morgan fingerprint density at radius 1 is 1.18 bits per heavy atom. The van der Waals surface area contributed by atoms with E-state index >= 15 is 0 Å². The summed E-state index contributed by atoms with van der Waals surface area (Å²) >= 11 is 0. The van der Waals surface area contributed by atoms with Crippen LogP contribution in [0, 0.1) is 5.92 Å². The minimum atomic E-state index is -1.01. The molecule has 8 heteroatoms. The smallest absolute Gasteiger partial charge is 0.408 e. The van der Waals surface area contributed by atoms with E-state index in [2.05, 4.69) is 10.3 Å². The summed E-state index contributed by atoms with van der Waals surface area (Å²) in [4.78, 5) is 43.3. The van der Waals surface area contributed by atoms with Crippen LogP contribution in [0.3, 0.4) is 0 Å². The number of esters is 1. The van der Waals surface area contributed by atoms with Gasteiger partial charge in [-0.2, -0.15) is 0 Å². The van der Waals surface area contributed by atoms with E-state index in [1.165, 1.54) is 12.0 Å². The van der Waals surface area contributed by atoms with E-state index in [0.29, 0.717) is 5.69 Å². The van der Waals surface area contributed by atoms with Crippen molar-refractivity contribution < 1.29 is 23.9 Å². The molecule has 1 aromatic heterocycles. The van der Waals surface area contributed by atoms with Gasteiger partial charge in [0.25, 0.3) is 0 Å². The number of carbonyl (C=O) groups is 3. The minimum Gasteiger partial charge on any atom is -0.467 e. The molecule has 0 aliphatic carbocycles. The predicted molar refractivity (Wildman–Crippen MR) is 104 cm³/mol. The summed E-state index contributed by atoms with van der Waals surface area (Å²) in [6.07, 6.45) is 0.844. The number of alkyl carbamates (subject to hydrolysis) is 1. The summed E-state index contributed by atoms with van der Waals surface area (Å²) in [6, 6.07) is 3.21. The molecule has 0 aliphatic rings. The Balaban J connectivity index is 3.14. The summed E-state index contributed by atoms with van der Waals surface area (Å²) in [5, 5.41) is 2.53. The number of ether oxygens (including phenoxy) is 2. The topological polar surface area (TPSA) is 97.8 Å². The second kappa shape index (κ2) is 10.1. The molecule has 1 N–H and O–H groups in total. The van der Waals surface area contributed by atoms with Crippen LogP contribution in [0.2, 0.25) is 0 Å². The number of rotatable bonds is 7. The Hall–Kier alpha value is -2.64. The van der Waals surface area contributed by atoms with Crippen molar-refractivity contribution in [3.05, 3.63) is 30.1 Å². The molecular weight excluding hydrogens is 362 g/mol. The van der Waals surface area contributed by atoms with Crippen molar-refractivity contribution in [2.75, 3.05) is 13.7 Å². The second-order valence-corrected chi connectivity index (χ2v) is 7.93. The molecule has 0 spiro atoms. The Morgan fingerprint density at radius 3 is 2.29 bits per heavy atom. The molecule has 156 valence electrons. The molecule has 0 bridgehead atoms. The summed E-state index contributed by atoms with van der Waals surface area (Å²) in [6.45, 7) is 10.9. The van der Waals surface area contributed by atoms with Gasteiger partial charge in [0.05, 0.1) is 12.8 Å². The molecule has 0 fully saturated rings. The van der Waals surface area contributed by atoms with E-state index in [4.69, 9.17) is 9.47 Å². The van der Waals surface area contributed by atoms with E-state index in [-0.39, 0.29) is 12.5 Å². The number of amides is 2. The number of nitrogens with zero attached hydrogens (tertiary/aromatic N) is 2. The van der Waals surface area contributed by atoms with Crippen LogP contribution in [0.15, 0.2) is 24.4 Å². The van der Waals surface area contributed by atoms with Gasteiger partial charge >= 0.3 is 12.1 Å². The number of hydrogen-bond donors (Lipinski definition) is 1. The van der Waals surface area contributed by atoms with Gasteiger partial charge in [0.2, 0.25) is 5.91 Å². The third kappa shape index (κ3) is 7.17. The maximum Gasteiger partial charge on any atom is 0.408 e. The lowest BCUT2D eigenvalue weighted by atomic mass is 10.1. The Morgan fingerprint density at radius 2 is 1.82 bits per heavy atom. The van der Waals surface area contributed by atoms with Gasteiger partial charge in [-0.15, -0.1) is 0 Å². The van der Waals surface area contributed by atoms with Crippen molar-refractivity contribution >= 4 is 18.0 Å². The molecule has 1 heterocycles. The first-order valence-electron chi connectivity index (χ1n) is 9.25. The third-order valence-electron chi connectivity index (χ3n) is 3.65. The van der Waals surface area contributed by atoms with Crippen LogP contribution < -0.4 is 5.32 Å². The van der Waals surface area contributed by atoms with Crippen molar-refractivity contribution in [3.63, 3.8) is 0 Å². The lowest BCUT2D eigenvalue weighted by molar-refractivity contribution is -0.154. The maximum atomic E-state index is 13.1. The molecular formula is C20H31N3O5. The van der Waals surface area contributed by atoms with E-state index in [9.17, 15) is 14.4 Å². The lowest BCUT2D eigenvalue weighted by Crippen LogP contribution is -2.51. The van der Waals surface area contributed by atoms with Crippen LogP contribution in [0.4, 0.5) is 4.79 Å². The monoisotopic (exact) mass is 393 g/mol. The molecule has 2 atom stereocenters. The highest BCUT2D eigenvalue weighted by molar-refractivity contribution is 5.89. The van der Waals surface area contributed by atoms with Gasteiger partial charge in [-0.05, 0) is 45.7 Å². The van der Waals surface area contributed by atoms with Gasteiger partial charge in [-0.25, -0.2) is 9.59 Å². The van der Waals surface area contributed by atoms with Crippen LogP contribution in [0.1, 0.15) is 53.3 Å². The first-order chi connectivity index (χ1) is 13.0. The summed E-state index contributed by atoms with van der Waals surface area (Å²) in [5.74, 6) is -0.952. The highest BCUT2D eigenvalue weighted by Crippen LogP contribution is 2.23. The van der Waals surface area contributed by atoms with Gasteiger partial charge in [0, 0.05) is 12.7 Å². The number of pyridine rings is 1. The van der Waals surface area contributed by atoms with Crippen molar-refractivity contribution in [2.24, 2.45) is 5.92 Å². The van der Waals surface area contributed by atoms with Gasteiger partial charge in [-0.1, -0.05) is 19.9 Å². The maximum absolute atomic E-state index is 13.1. The standard InChI is InChI=1S/C20H31N3O5/c1-13(2)12-23(16(18(25)27-7)15-10-8-9-11-21-15)17(24)14(3)22-19(26)28-20(4,5)6/h8-11,13-14,16H,12H2,1-7H3,(H,22,26). The highest BCUT2D eigenvalue weighted by Gasteiger charge is 2.36. The van der Waals surface area contributed by atoms with Crippen molar-refractivity contribution in [1.29, 1.82) is 0 Å². The van der Waals surface area contributed by atoms with Gasteiger partial charge in [0.1, 0.15) is 11.6 Å². The van der Waals surface area contributed by atoms with Gasteiger partial charge < -0.3 is 19.7 Å². The van der Waals surface area contributed by atoms with Gasteiger partial charge in [0.15, 0.2) is 6.04 Å². The molecule has 28 heavy (non-hydrogen) atoms. The van der Waals surface area contributed by atoms with Crippen LogP contribution >= 0.6 is 0 Å². The van der Waals surface area contributed by atoms with Gasteiger partial charge in [-0.3, -0.25) is 9.78 Å². The van der Waals surface area contributed by atoms with Crippen LogP contribution in [0.25, 0.3) is 0 Å². The normalized spacial score (nSPS) is 13.4. The fraction of sp³-hybridized carbons (Fsp3) is 0.600. The first-order valence-corrected chi connectivity index (χ1v) is 9.25.